The van der Waals surface area contributed by atoms with Crippen LogP contribution < -0.4 is 27.9 Å². The molecule has 0 aliphatic carbocycles. The van der Waals surface area contributed by atoms with Crippen molar-refractivity contribution >= 4 is 39.0 Å². The van der Waals surface area contributed by atoms with Crippen molar-refractivity contribution < 1.29 is 9.59 Å². The van der Waals surface area contributed by atoms with Gasteiger partial charge in [0.15, 0.2) is 0 Å². The number of nitrogen functional groups attached to an aromatic ring is 2. The number of fused-ring (bicyclic) bond motifs is 3. The summed E-state index contributed by atoms with van der Waals surface area (Å²) in [5.74, 6) is 9.65. The van der Waals surface area contributed by atoms with E-state index in [1.165, 1.54) is 0 Å². The lowest BCUT2D eigenvalue weighted by atomic mass is 9.92. The molecule has 1 unspecified atom stereocenters. The van der Waals surface area contributed by atoms with E-state index in [2.05, 4.69) is 36.1 Å². The number of nitrogens with one attached hydrogen (secondary N) is 3. The molecule has 7 N–H and O–H groups in total. The topological polar surface area (TPSA) is 122 Å². The van der Waals surface area contributed by atoms with Crippen molar-refractivity contribution in [1.29, 1.82) is 0 Å². The lowest BCUT2D eigenvalue weighted by Crippen LogP contribution is -2.35. The van der Waals surface area contributed by atoms with Crippen LogP contribution in [0.25, 0.3) is 21.5 Å². The normalized spacial score (nSPS) is 12.0. The Morgan fingerprint density at radius 2 is 1.55 bits per heavy atom. The average molecular weight is 393 g/mol. The minimum Gasteiger partial charge on any atom is -0.382 e. The van der Waals surface area contributed by atoms with Crippen LogP contribution >= 0.6 is 0 Å². The molecule has 0 aliphatic rings. The predicted octanol–water partition coefficient (Wildman–Crippen LogP) is 3.19. The van der Waals surface area contributed by atoms with Crippen LogP contribution in [0.2, 0.25) is 0 Å². The molecule has 0 aromatic heterocycles. The zero-order chi connectivity index (χ0) is 21.0. The molecule has 152 valence electrons. The van der Waals surface area contributed by atoms with Gasteiger partial charge in [-0.3, -0.25) is 20.4 Å². The van der Waals surface area contributed by atoms with Crippen molar-refractivity contribution in [3.05, 3.63) is 53.6 Å². The minimum atomic E-state index is -0.550. The molecule has 3 aromatic carbocycles. The Morgan fingerprint density at radius 1 is 0.897 bits per heavy atom. The molecule has 0 heterocycles. The molecule has 7 nitrogen and oxygen atoms in total. The molecular formula is C22H27N5O2. The Hall–Kier alpha value is -3.16. The van der Waals surface area contributed by atoms with Crippen LogP contribution in [0.3, 0.4) is 0 Å². The van der Waals surface area contributed by atoms with Crippen molar-refractivity contribution in [2.24, 2.45) is 11.7 Å². The van der Waals surface area contributed by atoms with Crippen LogP contribution in [0.4, 0.5) is 5.69 Å². The number of hydrogen-bond donors (Lipinski definition) is 5. The van der Waals surface area contributed by atoms with Crippen molar-refractivity contribution in [2.75, 3.05) is 5.32 Å². The van der Waals surface area contributed by atoms with E-state index in [0.717, 1.165) is 41.1 Å². The van der Waals surface area contributed by atoms with Crippen molar-refractivity contribution in [3.8, 4) is 0 Å². The van der Waals surface area contributed by atoms with Gasteiger partial charge in [-0.15, -0.1) is 0 Å². The molecule has 3 aromatic rings. The van der Waals surface area contributed by atoms with Crippen molar-refractivity contribution in [1.82, 2.24) is 10.9 Å². The largest absolute Gasteiger partial charge is 0.382 e. The fourth-order valence-electron chi connectivity index (χ4n) is 3.83. The molecule has 0 saturated carbocycles. The molecule has 2 amide bonds. The van der Waals surface area contributed by atoms with E-state index >= 15 is 0 Å². The van der Waals surface area contributed by atoms with Crippen molar-refractivity contribution in [2.45, 2.75) is 39.2 Å². The number of hydrogen-bond acceptors (Lipinski definition) is 5. The van der Waals surface area contributed by atoms with Gasteiger partial charge in [0, 0.05) is 17.1 Å². The van der Waals surface area contributed by atoms with Gasteiger partial charge >= 0.3 is 0 Å². The summed E-state index contributed by atoms with van der Waals surface area (Å²) in [5.41, 5.74) is 5.54. The number of hydrazine groups is 2. The number of amides is 2. The minimum absolute atomic E-state index is 0.171. The monoisotopic (exact) mass is 393 g/mol. The molecule has 0 fully saturated rings. The van der Waals surface area contributed by atoms with Gasteiger partial charge in [-0.2, -0.15) is 0 Å². The smallest absolute Gasteiger partial charge is 0.266 e. The predicted molar refractivity (Wildman–Crippen MR) is 117 cm³/mol. The summed E-state index contributed by atoms with van der Waals surface area (Å²) < 4.78 is 0. The molecule has 3 rings (SSSR count). The molecule has 0 aliphatic heterocycles. The van der Waals surface area contributed by atoms with Crippen molar-refractivity contribution in [3.63, 3.8) is 0 Å². The molecular weight excluding hydrogens is 366 g/mol. The summed E-state index contributed by atoms with van der Waals surface area (Å²) >= 11 is 0. The van der Waals surface area contributed by atoms with Gasteiger partial charge in [-0.1, -0.05) is 50.6 Å². The first kappa shape index (κ1) is 20.6. The zero-order valence-electron chi connectivity index (χ0n) is 16.7. The highest BCUT2D eigenvalue weighted by atomic mass is 16.2. The third-order valence-corrected chi connectivity index (χ3v) is 5.27. The lowest BCUT2D eigenvalue weighted by Gasteiger charge is -2.21. The molecule has 0 spiro atoms. The summed E-state index contributed by atoms with van der Waals surface area (Å²) in [6.07, 6.45) is 3.08. The number of anilines is 1. The van der Waals surface area contributed by atoms with E-state index in [0.29, 0.717) is 11.4 Å². The molecule has 0 radical (unpaired) electrons. The van der Waals surface area contributed by atoms with Crippen LogP contribution in [-0.4, -0.2) is 17.9 Å². The van der Waals surface area contributed by atoms with Gasteiger partial charge in [0.1, 0.15) is 0 Å². The second kappa shape index (κ2) is 8.89. The summed E-state index contributed by atoms with van der Waals surface area (Å²) in [4.78, 5) is 24.9. The summed E-state index contributed by atoms with van der Waals surface area (Å²) in [5, 5.41) is 7.18. The van der Waals surface area contributed by atoms with Crippen LogP contribution in [-0.2, 0) is 0 Å². The van der Waals surface area contributed by atoms with Crippen LogP contribution in [0.15, 0.2) is 42.5 Å². The van der Waals surface area contributed by atoms with E-state index < -0.39 is 11.8 Å². The standard InChI is InChI=1S/C22H27N5O2/c1-3-7-13(4-2)25-19-12-18-15(14-8-5-6-9-16(14)19)10-11-17(21(28)26-23)20(18)22(29)27-24/h5-6,8-13,25H,3-4,7,23-24H2,1-2H3,(H,26,28)(H,27,29). The van der Waals surface area contributed by atoms with Crippen LogP contribution in [0, 0.1) is 0 Å². The summed E-state index contributed by atoms with van der Waals surface area (Å²) in [6, 6.07) is 13.7. The Labute approximate surface area is 169 Å². The molecule has 29 heavy (non-hydrogen) atoms. The maximum atomic E-state index is 12.6. The van der Waals surface area contributed by atoms with E-state index in [9.17, 15) is 9.59 Å². The average Bonchev–Trinajstić information content (AvgIpc) is 2.76. The first-order valence-electron chi connectivity index (χ1n) is 9.82. The first-order valence-corrected chi connectivity index (χ1v) is 9.82. The highest BCUT2D eigenvalue weighted by molar-refractivity contribution is 6.22. The van der Waals surface area contributed by atoms with Gasteiger partial charge in [0.25, 0.3) is 11.8 Å². The molecule has 0 saturated heterocycles. The number of nitrogens with two attached hydrogens (primary N) is 2. The van der Waals surface area contributed by atoms with Crippen LogP contribution in [0.1, 0.15) is 53.8 Å². The third kappa shape index (κ3) is 3.87. The Morgan fingerprint density at radius 3 is 2.17 bits per heavy atom. The number of carbonyl (C=O) groups excluding carboxylic acids is 2. The molecule has 7 heteroatoms. The van der Waals surface area contributed by atoms with E-state index in [1.807, 2.05) is 30.3 Å². The van der Waals surface area contributed by atoms with E-state index in [4.69, 9.17) is 11.7 Å². The maximum absolute atomic E-state index is 12.6. The summed E-state index contributed by atoms with van der Waals surface area (Å²) in [7, 11) is 0. The highest BCUT2D eigenvalue weighted by Crippen LogP contribution is 2.35. The van der Waals surface area contributed by atoms with Crippen LogP contribution in [0.5, 0.6) is 0 Å². The Bertz CT molecular complexity index is 1060. The first-order chi connectivity index (χ1) is 14.0. The van der Waals surface area contributed by atoms with Gasteiger partial charge in [-0.25, -0.2) is 11.7 Å². The summed E-state index contributed by atoms with van der Waals surface area (Å²) in [6.45, 7) is 4.30. The maximum Gasteiger partial charge on any atom is 0.266 e. The number of rotatable bonds is 7. The molecule has 0 bridgehead atoms. The van der Waals surface area contributed by atoms with E-state index in [-0.39, 0.29) is 11.1 Å². The molecule has 1 atom stereocenters. The second-order valence-corrected chi connectivity index (χ2v) is 7.04. The number of benzene rings is 3. The van der Waals surface area contributed by atoms with Gasteiger partial charge in [0.05, 0.1) is 11.1 Å². The van der Waals surface area contributed by atoms with Gasteiger partial charge in [0.2, 0.25) is 0 Å². The Balaban J connectivity index is 2.36. The third-order valence-electron chi connectivity index (χ3n) is 5.27. The quantitative estimate of drug-likeness (QED) is 0.183. The fraction of sp³-hybridized carbons (Fsp3) is 0.273. The second-order valence-electron chi connectivity index (χ2n) is 7.04. The zero-order valence-corrected chi connectivity index (χ0v) is 16.7. The Kier molecular flexibility index (Phi) is 6.31. The highest BCUT2D eigenvalue weighted by Gasteiger charge is 2.21. The number of carbonyl (C=O) groups is 2. The van der Waals surface area contributed by atoms with E-state index in [1.54, 1.807) is 6.07 Å². The van der Waals surface area contributed by atoms with Gasteiger partial charge < -0.3 is 5.32 Å². The SMILES string of the molecule is CCCC(CC)Nc1cc2c(C(=O)NN)c(C(=O)NN)ccc2c2ccccc12. The fourth-order valence-corrected chi connectivity index (χ4v) is 3.83. The lowest BCUT2D eigenvalue weighted by molar-refractivity contribution is 0.0921. The van der Waals surface area contributed by atoms with Gasteiger partial charge in [-0.05, 0) is 41.1 Å².